The molecule has 0 spiro atoms. The van der Waals surface area contributed by atoms with Gasteiger partial charge in [0, 0.05) is 23.6 Å². The number of hydrogen-bond acceptors (Lipinski definition) is 1. The van der Waals surface area contributed by atoms with Crippen molar-refractivity contribution in [1.82, 2.24) is 4.57 Å². The molecule has 17 heavy (non-hydrogen) atoms. The van der Waals surface area contributed by atoms with E-state index < -0.39 is 12.6 Å². The van der Waals surface area contributed by atoms with E-state index in [1.54, 1.807) is 35.0 Å². The van der Waals surface area contributed by atoms with Crippen molar-refractivity contribution in [1.29, 1.82) is 0 Å². The van der Waals surface area contributed by atoms with Crippen LogP contribution in [-0.4, -0.2) is 15.8 Å². The van der Waals surface area contributed by atoms with Gasteiger partial charge in [0.25, 0.3) is 0 Å². The van der Waals surface area contributed by atoms with Gasteiger partial charge in [-0.05, 0) is 17.7 Å². The van der Waals surface area contributed by atoms with Crippen molar-refractivity contribution >= 4 is 10.9 Å². The summed E-state index contributed by atoms with van der Waals surface area (Å²) in [6, 6.07) is 6.98. The quantitative estimate of drug-likeness (QED) is 0.880. The fourth-order valence-corrected chi connectivity index (χ4v) is 1.87. The van der Waals surface area contributed by atoms with Gasteiger partial charge in [-0.15, -0.1) is 0 Å². The van der Waals surface area contributed by atoms with E-state index in [0.717, 1.165) is 16.5 Å². The first-order valence-electron chi connectivity index (χ1n) is 5.25. The highest BCUT2D eigenvalue weighted by Crippen LogP contribution is 2.24. The van der Waals surface area contributed by atoms with Crippen LogP contribution in [-0.2, 0) is 13.2 Å². The molecule has 0 amide bonds. The number of alkyl halides is 3. The fourth-order valence-electron chi connectivity index (χ4n) is 1.87. The molecule has 0 aliphatic carbocycles. The van der Waals surface area contributed by atoms with Crippen LogP contribution in [0.15, 0.2) is 30.5 Å². The predicted molar refractivity (Wildman–Crippen MR) is 58.5 cm³/mol. The maximum Gasteiger partial charge on any atom is 0.390 e. The first kappa shape index (κ1) is 12.0. The predicted octanol–water partition coefficient (Wildman–Crippen LogP) is 3.09. The minimum Gasteiger partial charge on any atom is -0.392 e. The van der Waals surface area contributed by atoms with Gasteiger partial charge in [0.05, 0.1) is 13.0 Å². The average Bonchev–Trinajstić information content (AvgIpc) is 2.68. The normalized spacial score (nSPS) is 12.2. The fraction of sp³-hybridized carbons (Fsp3) is 0.333. The van der Waals surface area contributed by atoms with Crippen LogP contribution < -0.4 is 0 Å². The zero-order valence-corrected chi connectivity index (χ0v) is 9.04. The van der Waals surface area contributed by atoms with E-state index in [4.69, 9.17) is 5.11 Å². The molecule has 0 saturated heterocycles. The van der Waals surface area contributed by atoms with E-state index in [-0.39, 0.29) is 13.2 Å². The number of rotatable bonds is 3. The summed E-state index contributed by atoms with van der Waals surface area (Å²) in [5.74, 6) is 0. The van der Waals surface area contributed by atoms with Crippen molar-refractivity contribution in [2.75, 3.05) is 0 Å². The lowest BCUT2D eigenvalue weighted by atomic mass is 10.1. The second-order valence-electron chi connectivity index (χ2n) is 3.88. The topological polar surface area (TPSA) is 25.2 Å². The molecule has 92 valence electrons. The summed E-state index contributed by atoms with van der Waals surface area (Å²) >= 11 is 0. The first-order valence-corrected chi connectivity index (χ1v) is 5.25. The van der Waals surface area contributed by atoms with E-state index in [0.29, 0.717) is 0 Å². The lowest BCUT2D eigenvalue weighted by Gasteiger charge is -2.08. The van der Waals surface area contributed by atoms with Gasteiger partial charge in [0.2, 0.25) is 0 Å². The summed E-state index contributed by atoms with van der Waals surface area (Å²) in [6.07, 6.45) is -3.37. The lowest BCUT2D eigenvalue weighted by Crippen LogP contribution is -2.11. The van der Waals surface area contributed by atoms with Gasteiger partial charge in [0.1, 0.15) is 0 Å². The zero-order valence-electron chi connectivity index (χ0n) is 9.04. The van der Waals surface area contributed by atoms with Gasteiger partial charge in [-0.1, -0.05) is 12.1 Å². The Balaban J connectivity index is 2.30. The maximum absolute atomic E-state index is 12.1. The number of aromatic nitrogens is 1. The highest BCUT2D eigenvalue weighted by Gasteiger charge is 2.26. The molecule has 2 rings (SSSR count). The second-order valence-corrected chi connectivity index (χ2v) is 3.88. The third-order valence-electron chi connectivity index (χ3n) is 2.71. The maximum atomic E-state index is 12.1. The summed E-state index contributed by atoms with van der Waals surface area (Å²) in [7, 11) is 0. The molecule has 2 nitrogen and oxygen atoms in total. The van der Waals surface area contributed by atoms with Crippen molar-refractivity contribution in [3.8, 4) is 0 Å². The number of halogens is 3. The Morgan fingerprint density at radius 3 is 2.59 bits per heavy atom. The Kier molecular flexibility index (Phi) is 3.11. The van der Waals surface area contributed by atoms with E-state index in [2.05, 4.69) is 0 Å². The van der Waals surface area contributed by atoms with Crippen LogP contribution in [0.2, 0.25) is 0 Å². The van der Waals surface area contributed by atoms with Gasteiger partial charge < -0.3 is 9.67 Å². The van der Waals surface area contributed by atoms with Crippen LogP contribution in [0.4, 0.5) is 13.2 Å². The van der Waals surface area contributed by atoms with Gasteiger partial charge in [0.15, 0.2) is 0 Å². The van der Waals surface area contributed by atoms with Crippen LogP contribution in [0, 0.1) is 0 Å². The van der Waals surface area contributed by atoms with E-state index in [1.165, 1.54) is 0 Å². The highest BCUT2D eigenvalue weighted by molar-refractivity contribution is 5.83. The Morgan fingerprint density at radius 1 is 1.18 bits per heavy atom. The van der Waals surface area contributed by atoms with Gasteiger partial charge in [-0.3, -0.25) is 0 Å². The second kappa shape index (κ2) is 4.41. The number of benzene rings is 1. The van der Waals surface area contributed by atoms with Crippen LogP contribution >= 0.6 is 0 Å². The van der Waals surface area contributed by atoms with Crippen LogP contribution in [0.5, 0.6) is 0 Å². The van der Waals surface area contributed by atoms with Gasteiger partial charge in [-0.2, -0.15) is 13.2 Å². The van der Waals surface area contributed by atoms with E-state index >= 15 is 0 Å². The Morgan fingerprint density at radius 2 is 1.94 bits per heavy atom. The lowest BCUT2D eigenvalue weighted by molar-refractivity contribution is -0.136. The summed E-state index contributed by atoms with van der Waals surface area (Å²) in [4.78, 5) is 0. The molecular formula is C12H12F3NO. The summed E-state index contributed by atoms with van der Waals surface area (Å²) < 4.78 is 38.0. The monoisotopic (exact) mass is 243 g/mol. The van der Waals surface area contributed by atoms with Crippen molar-refractivity contribution in [3.05, 3.63) is 36.0 Å². The number of aliphatic hydroxyl groups is 1. The zero-order chi connectivity index (χ0) is 12.5. The summed E-state index contributed by atoms with van der Waals surface area (Å²) in [5, 5.41) is 9.92. The van der Waals surface area contributed by atoms with Crippen molar-refractivity contribution in [3.63, 3.8) is 0 Å². The number of aliphatic hydroxyl groups excluding tert-OH is 1. The Bertz CT molecular complexity index is 516. The SMILES string of the molecule is OCc1cccc2c1ccn2CCC(F)(F)F. The standard InChI is InChI=1S/C12H12F3NO/c13-12(14,15)5-7-16-6-4-10-9(8-17)2-1-3-11(10)16/h1-4,6,17H,5,7-8H2. The number of nitrogens with zero attached hydrogens (tertiary/aromatic N) is 1. The number of hydrogen-bond donors (Lipinski definition) is 1. The molecule has 5 heteroatoms. The van der Waals surface area contributed by atoms with Crippen LogP contribution in [0.3, 0.4) is 0 Å². The van der Waals surface area contributed by atoms with Crippen molar-refractivity contribution < 1.29 is 18.3 Å². The third-order valence-corrected chi connectivity index (χ3v) is 2.71. The minimum atomic E-state index is -4.15. The summed E-state index contributed by atoms with van der Waals surface area (Å²) in [5.41, 5.74) is 1.45. The molecule has 0 aliphatic rings. The largest absolute Gasteiger partial charge is 0.392 e. The molecule has 1 aromatic heterocycles. The van der Waals surface area contributed by atoms with Gasteiger partial charge in [-0.25, -0.2) is 0 Å². The minimum absolute atomic E-state index is 0.0954. The average molecular weight is 243 g/mol. The molecule has 0 fully saturated rings. The number of aryl methyl sites for hydroxylation is 1. The Labute approximate surface area is 96.3 Å². The smallest absolute Gasteiger partial charge is 0.390 e. The molecule has 0 aliphatic heterocycles. The van der Waals surface area contributed by atoms with E-state index in [9.17, 15) is 13.2 Å². The molecule has 2 aromatic rings. The molecule has 0 atom stereocenters. The molecule has 0 saturated carbocycles. The molecule has 1 N–H and O–H groups in total. The number of fused-ring (bicyclic) bond motifs is 1. The molecule has 1 heterocycles. The molecule has 0 radical (unpaired) electrons. The molecule has 1 aromatic carbocycles. The van der Waals surface area contributed by atoms with Crippen LogP contribution in [0.1, 0.15) is 12.0 Å². The first-order chi connectivity index (χ1) is 8.01. The molecular weight excluding hydrogens is 231 g/mol. The highest BCUT2D eigenvalue weighted by atomic mass is 19.4. The van der Waals surface area contributed by atoms with Crippen molar-refractivity contribution in [2.45, 2.75) is 25.7 Å². The Hall–Kier alpha value is -1.49. The summed E-state index contributed by atoms with van der Waals surface area (Å²) in [6.45, 7) is -0.206. The van der Waals surface area contributed by atoms with E-state index in [1.807, 2.05) is 0 Å². The van der Waals surface area contributed by atoms with Gasteiger partial charge >= 0.3 is 6.18 Å². The molecule has 0 unspecified atom stereocenters. The van der Waals surface area contributed by atoms with Crippen LogP contribution in [0.25, 0.3) is 10.9 Å². The third kappa shape index (κ3) is 2.61. The molecule has 0 bridgehead atoms. The van der Waals surface area contributed by atoms with Crippen molar-refractivity contribution in [2.24, 2.45) is 0 Å².